The van der Waals surface area contributed by atoms with E-state index in [4.69, 9.17) is 13.6 Å². The summed E-state index contributed by atoms with van der Waals surface area (Å²) in [5.74, 6) is 0. The van der Waals surface area contributed by atoms with Gasteiger partial charge in [-0.25, -0.2) is 0 Å². The summed E-state index contributed by atoms with van der Waals surface area (Å²) >= 11 is 0. The van der Waals surface area contributed by atoms with Gasteiger partial charge in [-0.2, -0.15) is 0 Å². The zero-order valence-corrected chi connectivity index (χ0v) is 20.7. The molecule has 4 aromatic carbocycles. The normalized spacial score (nSPS) is 11.1. The van der Waals surface area contributed by atoms with Gasteiger partial charge in [-0.3, -0.25) is 0 Å². The van der Waals surface area contributed by atoms with Crippen LogP contribution in [0.5, 0.6) is 0 Å². The number of nitrogens with zero attached hydrogens (tertiary/aromatic N) is 3. The van der Waals surface area contributed by atoms with Crippen molar-refractivity contribution in [2.45, 2.75) is 0 Å². The van der Waals surface area contributed by atoms with E-state index in [1.54, 1.807) is 18.8 Å². The molecule has 39 heavy (non-hydrogen) atoms. The van der Waals surface area contributed by atoms with Crippen LogP contribution in [0.2, 0.25) is 0 Å². The molecule has 0 aliphatic rings. The summed E-state index contributed by atoms with van der Waals surface area (Å²) in [6, 6.07) is 36.3. The third-order valence-electron chi connectivity index (χ3n) is 6.72. The Morgan fingerprint density at radius 3 is 0.897 bits per heavy atom. The summed E-state index contributed by atoms with van der Waals surface area (Å²) < 4.78 is 16.5. The maximum absolute atomic E-state index is 5.48. The van der Waals surface area contributed by atoms with Crippen LogP contribution in [-0.2, 0) is 0 Å². The zero-order valence-electron chi connectivity index (χ0n) is 20.7. The van der Waals surface area contributed by atoms with E-state index in [-0.39, 0.29) is 0 Å². The molecule has 0 aliphatic heterocycles. The van der Waals surface area contributed by atoms with Crippen molar-refractivity contribution >= 4 is 0 Å². The molecular formula is C33H21N3O3. The van der Waals surface area contributed by atoms with E-state index in [0.29, 0.717) is 0 Å². The molecule has 0 aliphatic carbocycles. The minimum atomic E-state index is 0.721. The monoisotopic (exact) mass is 507 g/mol. The molecule has 0 spiro atoms. The molecule has 0 unspecified atom stereocenters. The van der Waals surface area contributed by atoms with Crippen molar-refractivity contribution in [3.05, 3.63) is 128 Å². The van der Waals surface area contributed by atoms with Crippen molar-refractivity contribution < 1.29 is 13.6 Å². The zero-order chi connectivity index (χ0) is 26.0. The Morgan fingerprint density at radius 2 is 0.615 bits per heavy atom. The van der Waals surface area contributed by atoms with Crippen LogP contribution < -0.4 is 0 Å². The van der Waals surface area contributed by atoms with Gasteiger partial charge in [0.1, 0.15) is 35.9 Å². The first-order valence-electron chi connectivity index (χ1n) is 12.5. The second kappa shape index (κ2) is 9.76. The van der Waals surface area contributed by atoms with Crippen LogP contribution in [0.1, 0.15) is 0 Å². The van der Waals surface area contributed by atoms with Crippen molar-refractivity contribution in [3.63, 3.8) is 0 Å². The van der Waals surface area contributed by atoms with Crippen LogP contribution in [-0.4, -0.2) is 15.5 Å². The molecule has 0 atom stereocenters. The predicted molar refractivity (Wildman–Crippen MR) is 149 cm³/mol. The summed E-state index contributed by atoms with van der Waals surface area (Å²) in [6.45, 7) is 0. The van der Waals surface area contributed by atoms with E-state index >= 15 is 0 Å². The molecule has 3 heterocycles. The van der Waals surface area contributed by atoms with Crippen LogP contribution in [0.15, 0.2) is 142 Å². The van der Waals surface area contributed by atoms with Gasteiger partial charge in [0.05, 0.1) is 0 Å². The van der Waals surface area contributed by atoms with Gasteiger partial charge >= 0.3 is 0 Å². The maximum Gasteiger partial charge on any atom is 0.132 e. The minimum absolute atomic E-state index is 0.721. The molecule has 0 bridgehead atoms. The van der Waals surface area contributed by atoms with E-state index in [1.807, 2.05) is 91.0 Å². The van der Waals surface area contributed by atoms with Crippen molar-refractivity contribution in [1.82, 2.24) is 15.5 Å². The molecule has 0 amide bonds. The largest absolute Gasteiger partial charge is 0.363 e. The highest BCUT2D eigenvalue weighted by atomic mass is 16.5. The van der Waals surface area contributed by atoms with Gasteiger partial charge in [0, 0.05) is 33.4 Å². The first kappa shape index (κ1) is 22.7. The number of hydrogen-bond donors (Lipinski definition) is 0. The fraction of sp³-hybridized carbons (Fsp3) is 0. The quantitative estimate of drug-likeness (QED) is 0.224. The Bertz CT molecular complexity index is 1620. The average molecular weight is 508 g/mol. The topological polar surface area (TPSA) is 78.1 Å². The second-order valence-corrected chi connectivity index (χ2v) is 9.13. The molecule has 0 radical (unpaired) electrons. The highest BCUT2D eigenvalue weighted by Gasteiger charge is 2.21. The van der Waals surface area contributed by atoms with E-state index in [1.165, 1.54) is 0 Å². The summed E-state index contributed by atoms with van der Waals surface area (Å²) in [7, 11) is 0. The number of rotatable bonds is 6. The van der Waals surface area contributed by atoms with E-state index in [9.17, 15) is 0 Å². The van der Waals surface area contributed by atoms with Crippen molar-refractivity contribution in [2.75, 3.05) is 0 Å². The molecule has 186 valence electrons. The lowest BCUT2D eigenvalue weighted by Crippen LogP contribution is -1.91. The number of hydrogen-bond acceptors (Lipinski definition) is 6. The van der Waals surface area contributed by atoms with E-state index < -0.39 is 0 Å². The summed E-state index contributed by atoms with van der Waals surface area (Å²) in [6.07, 6.45) is 5.02. The van der Waals surface area contributed by atoms with E-state index in [2.05, 4.69) is 33.7 Å². The lowest BCUT2D eigenvalue weighted by molar-refractivity contribution is 0.422. The smallest absolute Gasteiger partial charge is 0.132 e. The summed E-state index contributed by atoms with van der Waals surface area (Å²) in [4.78, 5) is 0. The highest BCUT2D eigenvalue weighted by Crippen LogP contribution is 2.40. The third kappa shape index (κ3) is 4.24. The Kier molecular flexibility index (Phi) is 5.68. The molecule has 0 N–H and O–H groups in total. The van der Waals surface area contributed by atoms with E-state index in [0.717, 1.165) is 67.2 Å². The highest BCUT2D eigenvalue weighted by molar-refractivity contribution is 5.90. The number of benzene rings is 4. The Hall–Kier alpha value is -5.49. The standard InChI is InChI=1S/C33H21N3O3/c1-4-10-22(11-5-1)28-19-37-34-31(28)25-16-26(32-29(20-38-35-32)23-12-6-2-7-13-23)18-27(17-25)33-30(21-39-36-33)24-14-8-3-9-15-24/h1-21H. The van der Waals surface area contributed by atoms with Gasteiger partial charge < -0.3 is 13.6 Å². The van der Waals surface area contributed by atoms with Crippen LogP contribution in [0, 0.1) is 0 Å². The fourth-order valence-corrected chi connectivity index (χ4v) is 4.84. The molecule has 7 aromatic rings. The molecule has 6 nitrogen and oxygen atoms in total. The van der Waals surface area contributed by atoms with Gasteiger partial charge in [0.15, 0.2) is 0 Å². The SMILES string of the molecule is c1ccc(-c2conc2-c2cc(-c3nocc3-c3ccccc3)cc(-c3nocc3-c3ccccc3)c2)cc1. The fourth-order valence-electron chi connectivity index (χ4n) is 4.84. The van der Waals surface area contributed by atoms with Crippen LogP contribution in [0.25, 0.3) is 67.2 Å². The third-order valence-corrected chi connectivity index (χ3v) is 6.72. The van der Waals surface area contributed by atoms with Gasteiger partial charge in [-0.1, -0.05) is 106 Å². The predicted octanol–water partition coefficient (Wildman–Crippen LogP) is 8.65. The van der Waals surface area contributed by atoms with Gasteiger partial charge in [-0.15, -0.1) is 0 Å². The van der Waals surface area contributed by atoms with Crippen LogP contribution in [0.3, 0.4) is 0 Å². The lowest BCUT2D eigenvalue weighted by Gasteiger charge is -2.10. The van der Waals surface area contributed by atoms with Crippen molar-refractivity contribution in [2.24, 2.45) is 0 Å². The molecular weight excluding hydrogens is 486 g/mol. The Balaban J connectivity index is 1.44. The lowest BCUT2D eigenvalue weighted by atomic mass is 9.93. The molecule has 0 saturated heterocycles. The minimum Gasteiger partial charge on any atom is -0.363 e. The Morgan fingerprint density at radius 1 is 0.333 bits per heavy atom. The maximum atomic E-state index is 5.48. The Labute approximate surface area is 224 Å². The summed E-state index contributed by atoms with van der Waals surface area (Å²) in [5, 5.41) is 13.2. The van der Waals surface area contributed by atoms with Gasteiger partial charge in [-0.05, 0) is 34.9 Å². The molecule has 0 saturated carbocycles. The number of aromatic nitrogens is 3. The summed E-state index contributed by atoms with van der Waals surface area (Å²) in [5.41, 5.74) is 10.5. The second-order valence-electron chi connectivity index (χ2n) is 9.13. The van der Waals surface area contributed by atoms with Crippen molar-refractivity contribution in [1.29, 1.82) is 0 Å². The molecule has 3 aromatic heterocycles. The van der Waals surface area contributed by atoms with Crippen LogP contribution >= 0.6 is 0 Å². The van der Waals surface area contributed by atoms with Gasteiger partial charge in [0.25, 0.3) is 0 Å². The first-order chi connectivity index (χ1) is 19.3. The molecule has 6 heteroatoms. The molecule has 7 rings (SSSR count). The van der Waals surface area contributed by atoms with Crippen LogP contribution in [0.4, 0.5) is 0 Å². The first-order valence-corrected chi connectivity index (χ1v) is 12.5. The molecule has 0 fully saturated rings. The average Bonchev–Trinajstić information content (AvgIpc) is 3.79. The van der Waals surface area contributed by atoms with Crippen molar-refractivity contribution in [3.8, 4) is 67.2 Å². The van der Waals surface area contributed by atoms with Gasteiger partial charge in [0.2, 0.25) is 0 Å².